The van der Waals surface area contributed by atoms with Gasteiger partial charge in [0, 0.05) is 16.1 Å². The van der Waals surface area contributed by atoms with Crippen LogP contribution in [0.1, 0.15) is 28.8 Å². The number of hydrogen-bond donors (Lipinski definition) is 1. The number of rotatable bonds is 5. The van der Waals surface area contributed by atoms with E-state index >= 15 is 0 Å². The third-order valence-electron chi connectivity index (χ3n) is 3.72. The number of benzene rings is 1. The molecule has 2 aromatic rings. The summed E-state index contributed by atoms with van der Waals surface area (Å²) in [5, 5.41) is 15.5. The molecule has 1 aromatic carbocycles. The van der Waals surface area contributed by atoms with Crippen LogP contribution in [0.3, 0.4) is 0 Å². The molecule has 0 amide bonds. The molecule has 6 heteroatoms. The van der Waals surface area contributed by atoms with Gasteiger partial charge in [-0.1, -0.05) is 23.7 Å². The topological polar surface area (TPSA) is 68.0 Å². The monoisotopic (exact) mass is 291 g/mol. The van der Waals surface area contributed by atoms with Gasteiger partial charge in [-0.05, 0) is 24.8 Å². The lowest BCUT2D eigenvalue weighted by molar-refractivity contribution is -0.00767. The number of halogens is 1. The molecule has 0 radical (unpaired) electrons. The Labute approximate surface area is 121 Å². The van der Waals surface area contributed by atoms with Crippen LogP contribution < -0.4 is 0 Å². The average Bonchev–Trinajstić information content (AvgIpc) is 3.19. The van der Waals surface area contributed by atoms with Crippen molar-refractivity contribution in [3.63, 3.8) is 0 Å². The Balaban J connectivity index is 1.99. The predicted molar refractivity (Wildman–Crippen MR) is 73.5 cm³/mol. The molecule has 0 bridgehead atoms. The summed E-state index contributed by atoms with van der Waals surface area (Å²) >= 11 is 6.24. The fraction of sp³-hybridized carbons (Fsp3) is 0.357. The first-order valence-electron chi connectivity index (χ1n) is 6.43. The highest BCUT2D eigenvalue weighted by Crippen LogP contribution is 2.48. The fourth-order valence-electron chi connectivity index (χ4n) is 2.51. The highest BCUT2D eigenvalue weighted by Gasteiger charge is 2.46. The van der Waals surface area contributed by atoms with Crippen molar-refractivity contribution < 1.29 is 9.90 Å². The zero-order valence-corrected chi connectivity index (χ0v) is 11.5. The molecule has 1 heterocycles. The second-order valence-corrected chi connectivity index (χ2v) is 5.56. The molecule has 1 fully saturated rings. The largest absolute Gasteiger partial charge is 0.383 e. The van der Waals surface area contributed by atoms with Crippen molar-refractivity contribution in [2.45, 2.75) is 25.0 Å². The maximum Gasteiger partial charge on any atom is 0.150 e. The van der Waals surface area contributed by atoms with E-state index in [0.717, 1.165) is 19.1 Å². The summed E-state index contributed by atoms with van der Waals surface area (Å²) in [6.45, 7) is 0.303. The summed E-state index contributed by atoms with van der Waals surface area (Å²) < 4.78 is 1.60. The summed E-state index contributed by atoms with van der Waals surface area (Å²) in [5.41, 5.74) is 0.0621. The molecule has 20 heavy (non-hydrogen) atoms. The van der Waals surface area contributed by atoms with Crippen LogP contribution in [0.25, 0.3) is 0 Å². The van der Waals surface area contributed by atoms with Crippen molar-refractivity contribution in [2.24, 2.45) is 5.92 Å². The number of hydrogen-bond acceptors (Lipinski definition) is 4. The van der Waals surface area contributed by atoms with Gasteiger partial charge in [-0.15, -0.1) is 0 Å². The maximum atomic E-state index is 11.1. The van der Waals surface area contributed by atoms with Crippen LogP contribution in [0.15, 0.2) is 30.9 Å². The first-order valence-corrected chi connectivity index (χ1v) is 6.81. The third kappa shape index (κ3) is 2.34. The van der Waals surface area contributed by atoms with Crippen molar-refractivity contribution in [3.05, 3.63) is 47.0 Å². The first kappa shape index (κ1) is 13.3. The summed E-state index contributed by atoms with van der Waals surface area (Å²) in [7, 11) is 0. The van der Waals surface area contributed by atoms with Gasteiger partial charge in [0.15, 0.2) is 0 Å². The van der Waals surface area contributed by atoms with Crippen LogP contribution in [0.2, 0.25) is 5.02 Å². The van der Waals surface area contributed by atoms with Crippen LogP contribution in [0.4, 0.5) is 0 Å². The molecule has 1 saturated carbocycles. The summed E-state index contributed by atoms with van der Waals surface area (Å²) in [6.07, 6.45) is 5.66. The van der Waals surface area contributed by atoms with E-state index in [1.165, 1.54) is 6.33 Å². The molecule has 1 aliphatic rings. The Hall–Kier alpha value is -1.72. The van der Waals surface area contributed by atoms with E-state index in [1.807, 2.05) is 0 Å². The lowest BCUT2D eigenvalue weighted by Crippen LogP contribution is -2.34. The Morgan fingerprint density at radius 3 is 2.85 bits per heavy atom. The van der Waals surface area contributed by atoms with Gasteiger partial charge in [-0.2, -0.15) is 5.10 Å². The highest BCUT2D eigenvalue weighted by molar-refractivity contribution is 6.31. The first-order chi connectivity index (χ1) is 9.63. The highest BCUT2D eigenvalue weighted by atomic mass is 35.5. The molecule has 104 valence electrons. The van der Waals surface area contributed by atoms with Crippen LogP contribution in [0.5, 0.6) is 0 Å². The van der Waals surface area contributed by atoms with Gasteiger partial charge in [0.25, 0.3) is 0 Å². The molecule has 3 rings (SSSR count). The second-order valence-electron chi connectivity index (χ2n) is 5.15. The number of aliphatic hydroxyl groups is 1. The molecule has 0 aliphatic heterocycles. The summed E-state index contributed by atoms with van der Waals surface area (Å²) in [6, 6.07) is 4.97. The van der Waals surface area contributed by atoms with Crippen LogP contribution in [0, 0.1) is 5.92 Å². The Morgan fingerprint density at radius 1 is 1.50 bits per heavy atom. The third-order valence-corrected chi connectivity index (χ3v) is 4.03. The zero-order valence-electron chi connectivity index (χ0n) is 10.7. The Kier molecular flexibility index (Phi) is 3.31. The number of carbonyl (C=O) groups is 1. The van der Waals surface area contributed by atoms with Crippen LogP contribution >= 0.6 is 11.6 Å². The van der Waals surface area contributed by atoms with Crippen molar-refractivity contribution in [1.82, 2.24) is 14.8 Å². The van der Waals surface area contributed by atoms with Crippen molar-refractivity contribution in [3.8, 4) is 0 Å². The lowest BCUT2D eigenvalue weighted by atomic mass is 9.88. The smallest absolute Gasteiger partial charge is 0.150 e. The quantitative estimate of drug-likeness (QED) is 0.856. The molecular weight excluding hydrogens is 278 g/mol. The van der Waals surface area contributed by atoms with E-state index in [2.05, 4.69) is 10.1 Å². The predicted octanol–water partition coefficient (Wildman–Crippen LogP) is 2.04. The maximum absolute atomic E-state index is 11.1. The van der Waals surface area contributed by atoms with Gasteiger partial charge in [0.2, 0.25) is 0 Å². The molecule has 1 atom stereocenters. The van der Waals surface area contributed by atoms with E-state index in [4.69, 9.17) is 11.6 Å². The Bertz CT molecular complexity index is 625. The van der Waals surface area contributed by atoms with Crippen molar-refractivity contribution >= 4 is 17.9 Å². The minimum Gasteiger partial charge on any atom is -0.383 e. The second kappa shape index (κ2) is 5.00. The van der Waals surface area contributed by atoms with Crippen LogP contribution in [-0.2, 0) is 12.1 Å². The van der Waals surface area contributed by atoms with Gasteiger partial charge in [-0.3, -0.25) is 4.79 Å². The van der Waals surface area contributed by atoms with Gasteiger partial charge in [-0.25, -0.2) is 9.67 Å². The SMILES string of the molecule is O=Cc1ccc(C(O)(Cn2cncn2)C2CC2)c(Cl)c1. The summed E-state index contributed by atoms with van der Waals surface area (Å²) in [4.78, 5) is 14.7. The lowest BCUT2D eigenvalue weighted by Gasteiger charge is -2.29. The van der Waals surface area contributed by atoms with E-state index in [1.54, 1.807) is 29.2 Å². The molecule has 1 aliphatic carbocycles. The number of aldehydes is 1. The molecule has 0 saturated heterocycles. The van der Waals surface area contributed by atoms with Crippen LogP contribution in [-0.4, -0.2) is 26.2 Å². The zero-order chi connectivity index (χ0) is 14.2. The van der Waals surface area contributed by atoms with E-state index in [0.29, 0.717) is 22.7 Å². The van der Waals surface area contributed by atoms with Crippen molar-refractivity contribution in [1.29, 1.82) is 0 Å². The molecular formula is C14H14ClN3O2. The standard InChI is InChI=1S/C14H14ClN3O2/c15-13-5-10(6-19)1-4-12(13)14(20,11-2-3-11)7-18-9-16-8-17-18/h1,4-6,8-9,11,20H,2-3,7H2. The molecule has 1 N–H and O–H groups in total. The number of carbonyl (C=O) groups excluding carboxylic acids is 1. The molecule has 1 unspecified atom stereocenters. The van der Waals surface area contributed by atoms with Gasteiger partial charge in [0.05, 0.1) is 6.54 Å². The van der Waals surface area contributed by atoms with E-state index < -0.39 is 5.60 Å². The van der Waals surface area contributed by atoms with Crippen molar-refractivity contribution in [2.75, 3.05) is 0 Å². The van der Waals surface area contributed by atoms with Gasteiger partial charge in [0.1, 0.15) is 24.5 Å². The fourth-order valence-corrected chi connectivity index (χ4v) is 2.86. The number of aromatic nitrogens is 3. The number of nitrogens with zero attached hydrogens (tertiary/aromatic N) is 3. The average molecular weight is 292 g/mol. The Morgan fingerprint density at radius 2 is 2.30 bits per heavy atom. The van der Waals surface area contributed by atoms with E-state index in [-0.39, 0.29) is 5.92 Å². The molecule has 1 aromatic heterocycles. The summed E-state index contributed by atoms with van der Waals surface area (Å²) in [5.74, 6) is 0.159. The van der Waals surface area contributed by atoms with Gasteiger partial charge < -0.3 is 5.11 Å². The van der Waals surface area contributed by atoms with E-state index in [9.17, 15) is 9.90 Å². The van der Waals surface area contributed by atoms with Gasteiger partial charge >= 0.3 is 0 Å². The molecule has 5 nitrogen and oxygen atoms in total. The minimum absolute atomic E-state index is 0.159. The molecule has 0 spiro atoms. The normalized spacial score (nSPS) is 17.7. The minimum atomic E-state index is -1.08.